The van der Waals surface area contributed by atoms with Gasteiger partial charge in [-0.05, 0) is 29.5 Å². The summed E-state index contributed by atoms with van der Waals surface area (Å²) in [6, 6.07) is 11.9. The van der Waals surface area contributed by atoms with Crippen molar-refractivity contribution in [3.63, 3.8) is 0 Å². The van der Waals surface area contributed by atoms with Crippen LogP contribution in [0, 0.1) is 0 Å². The van der Waals surface area contributed by atoms with E-state index in [4.69, 9.17) is 5.11 Å². The molecule has 3 heteroatoms. The predicted octanol–water partition coefficient (Wildman–Crippen LogP) is 3.60. The molecular formula is C13H12O2S. The molecule has 2 rings (SSSR count). The van der Waals surface area contributed by atoms with E-state index >= 15 is 0 Å². The molecule has 0 aliphatic rings. The maximum atomic E-state index is 10.9. The molecule has 0 radical (unpaired) electrons. The summed E-state index contributed by atoms with van der Waals surface area (Å²) < 4.78 is 0. The van der Waals surface area contributed by atoms with E-state index in [0.29, 0.717) is 0 Å². The van der Waals surface area contributed by atoms with E-state index in [-0.39, 0.29) is 0 Å². The van der Waals surface area contributed by atoms with Gasteiger partial charge in [-0.25, -0.2) is 0 Å². The van der Waals surface area contributed by atoms with E-state index in [9.17, 15) is 4.79 Å². The highest BCUT2D eigenvalue weighted by molar-refractivity contribution is 7.13. The maximum absolute atomic E-state index is 10.9. The van der Waals surface area contributed by atoms with Gasteiger partial charge >= 0.3 is 5.97 Å². The second-order valence-corrected chi connectivity index (χ2v) is 4.58. The number of aliphatic carboxylic acids is 1. The van der Waals surface area contributed by atoms with E-state index in [1.54, 1.807) is 18.3 Å². The number of thiophene rings is 1. The summed E-state index contributed by atoms with van der Waals surface area (Å²) in [6.07, 6.45) is 0. The fourth-order valence-electron chi connectivity index (χ4n) is 1.47. The fraction of sp³-hybridized carbons (Fsp3) is 0.154. The molecule has 1 aromatic heterocycles. The van der Waals surface area contributed by atoms with Crippen LogP contribution in [0.3, 0.4) is 0 Å². The predicted molar refractivity (Wildman–Crippen MR) is 65.8 cm³/mol. The first-order valence-corrected chi connectivity index (χ1v) is 5.93. The van der Waals surface area contributed by atoms with Crippen molar-refractivity contribution in [3.05, 3.63) is 47.3 Å². The lowest BCUT2D eigenvalue weighted by Crippen LogP contribution is -2.05. The Morgan fingerprint density at radius 1 is 1.31 bits per heavy atom. The summed E-state index contributed by atoms with van der Waals surface area (Å²) in [5.41, 5.74) is 2.01. The molecule has 0 bridgehead atoms. The van der Waals surface area contributed by atoms with Crippen molar-refractivity contribution in [1.82, 2.24) is 0 Å². The van der Waals surface area contributed by atoms with Crippen LogP contribution >= 0.6 is 11.3 Å². The van der Waals surface area contributed by atoms with Crippen LogP contribution in [0.4, 0.5) is 0 Å². The molecule has 1 unspecified atom stereocenters. The zero-order valence-electron chi connectivity index (χ0n) is 8.88. The van der Waals surface area contributed by atoms with Crippen molar-refractivity contribution in [1.29, 1.82) is 0 Å². The van der Waals surface area contributed by atoms with Crippen molar-refractivity contribution in [3.8, 4) is 10.4 Å². The van der Waals surface area contributed by atoms with Crippen molar-refractivity contribution < 1.29 is 9.90 Å². The van der Waals surface area contributed by atoms with E-state index in [0.717, 1.165) is 16.0 Å². The smallest absolute Gasteiger partial charge is 0.310 e. The van der Waals surface area contributed by atoms with Gasteiger partial charge in [0.2, 0.25) is 0 Å². The monoisotopic (exact) mass is 232 g/mol. The van der Waals surface area contributed by atoms with Crippen LogP contribution in [0.15, 0.2) is 41.8 Å². The molecule has 1 heterocycles. The molecule has 1 N–H and O–H groups in total. The number of hydrogen-bond acceptors (Lipinski definition) is 2. The highest BCUT2D eigenvalue weighted by atomic mass is 32.1. The van der Waals surface area contributed by atoms with Gasteiger partial charge in [-0.15, -0.1) is 11.3 Å². The van der Waals surface area contributed by atoms with Gasteiger partial charge in [-0.2, -0.15) is 0 Å². The first-order valence-electron chi connectivity index (χ1n) is 5.05. The lowest BCUT2D eigenvalue weighted by Gasteiger charge is -2.01. The molecule has 0 saturated heterocycles. The summed E-state index contributed by atoms with van der Waals surface area (Å²) in [7, 11) is 0. The molecule has 1 atom stereocenters. The van der Waals surface area contributed by atoms with Crippen LogP contribution in [0.25, 0.3) is 10.4 Å². The first-order chi connectivity index (χ1) is 7.68. The van der Waals surface area contributed by atoms with Crippen LogP contribution in [0.1, 0.15) is 18.4 Å². The average molecular weight is 232 g/mol. The maximum Gasteiger partial charge on any atom is 0.310 e. The topological polar surface area (TPSA) is 37.3 Å². The van der Waals surface area contributed by atoms with Crippen LogP contribution < -0.4 is 0 Å². The van der Waals surface area contributed by atoms with Crippen LogP contribution in [-0.2, 0) is 4.79 Å². The molecule has 0 fully saturated rings. The molecule has 1 aromatic carbocycles. The third kappa shape index (κ3) is 2.14. The number of benzene rings is 1. The van der Waals surface area contributed by atoms with Gasteiger partial charge in [0.05, 0.1) is 5.92 Å². The Labute approximate surface area is 98.2 Å². The number of carbonyl (C=O) groups is 1. The van der Waals surface area contributed by atoms with Crippen molar-refractivity contribution in [2.75, 3.05) is 0 Å². The standard InChI is InChI=1S/C13H12O2S/c1-9(13(14)15)11-7-12(16-8-11)10-5-3-2-4-6-10/h2-9H,1H3,(H,14,15). The third-order valence-electron chi connectivity index (χ3n) is 2.55. The van der Waals surface area contributed by atoms with Gasteiger partial charge in [-0.1, -0.05) is 30.3 Å². The minimum atomic E-state index is -0.780. The van der Waals surface area contributed by atoms with Crippen LogP contribution in [0.2, 0.25) is 0 Å². The zero-order valence-corrected chi connectivity index (χ0v) is 9.70. The molecule has 82 valence electrons. The molecular weight excluding hydrogens is 220 g/mol. The van der Waals surface area contributed by atoms with E-state index < -0.39 is 11.9 Å². The Bertz CT molecular complexity index is 488. The molecule has 2 aromatic rings. The molecule has 0 spiro atoms. The fourth-order valence-corrected chi connectivity index (χ4v) is 2.49. The quantitative estimate of drug-likeness (QED) is 0.877. The average Bonchev–Trinajstić information content (AvgIpc) is 2.78. The summed E-state index contributed by atoms with van der Waals surface area (Å²) in [4.78, 5) is 12.0. The summed E-state index contributed by atoms with van der Waals surface area (Å²) in [5, 5.41) is 10.8. The van der Waals surface area contributed by atoms with Gasteiger partial charge < -0.3 is 5.11 Å². The second kappa shape index (κ2) is 4.49. The SMILES string of the molecule is CC(C(=O)O)c1csc(-c2ccccc2)c1. The molecule has 0 amide bonds. The third-order valence-corrected chi connectivity index (χ3v) is 3.55. The largest absolute Gasteiger partial charge is 0.481 e. The summed E-state index contributed by atoms with van der Waals surface area (Å²) in [6.45, 7) is 1.71. The second-order valence-electron chi connectivity index (χ2n) is 3.67. The highest BCUT2D eigenvalue weighted by Crippen LogP contribution is 2.30. The van der Waals surface area contributed by atoms with Crippen molar-refractivity contribution in [2.45, 2.75) is 12.8 Å². The van der Waals surface area contributed by atoms with E-state index in [2.05, 4.69) is 0 Å². The Balaban J connectivity index is 2.30. The van der Waals surface area contributed by atoms with Crippen molar-refractivity contribution in [2.24, 2.45) is 0 Å². The molecule has 2 nitrogen and oxygen atoms in total. The van der Waals surface area contributed by atoms with Gasteiger partial charge in [0.25, 0.3) is 0 Å². The Morgan fingerprint density at radius 2 is 2.00 bits per heavy atom. The van der Waals surface area contributed by atoms with Gasteiger partial charge in [0, 0.05) is 4.88 Å². The summed E-state index contributed by atoms with van der Waals surface area (Å²) >= 11 is 1.59. The minimum absolute atomic E-state index is 0.436. The normalized spacial score (nSPS) is 12.3. The van der Waals surface area contributed by atoms with Gasteiger partial charge in [0.1, 0.15) is 0 Å². The lowest BCUT2D eigenvalue weighted by atomic mass is 10.0. The first kappa shape index (κ1) is 10.9. The molecule has 16 heavy (non-hydrogen) atoms. The minimum Gasteiger partial charge on any atom is -0.481 e. The number of hydrogen-bond donors (Lipinski definition) is 1. The van der Waals surface area contributed by atoms with E-state index in [1.807, 2.05) is 41.8 Å². The van der Waals surface area contributed by atoms with E-state index in [1.165, 1.54) is 0 Å². The Morgan fingerprint density at radius 3 is 2.62 bits per heavy atom. The number of rotatable bonds is 3. The molecule has 0 saturated carbocycles. The van der Waals surface area contributed by atoms with Crippen LogP contribution in [-0.4, -0.2) is 11.1 Å². The lowest BCUT2D eigenvalue weighted by molar-refractivity contribution is -0.138. The Kier molecular flexibility index (Phi) is 3.06. The van der Waals surface area contributed by atoms with Gasteiger partial charge in [0.15, 0.2) is 0 Å². The van der Waals surface area contributed by atoms with Crippen molar-refractivity contribution >= 4 is 17.3 Å². The highest BCUT2D eigenvalue weighted by Gasteiger charge is 2.15. The summed E-state index contributed by atoms with van der Waals surface area (Å²) in [5.74, 6) is -1.22. The van der Waals surface area contributed by atoms with Gasteiger partial charge in [-0.3, -0.25) is 4.79 Å². The Hall–Kier alpha value is -1.61. The number of carboxylic acid groups (broad SMARTS) is 1. The molecule has 0 aliphatic carbocycles. The number of carboxylic acids is 1. The van der Waals surface area contributed by atoms with Crippen LogP contribution in [0.5, 0.6) is 0 Å². The zero-order chi connectivity index (χ0) is 11.5. The molecule has 0 aliphatic heterocycles.